The lowest BCUT2D eigenvalue weighted by Gasteiger charge is -2.00. The van der Waals surface area contributed by atoms with E-state index in [1.165, 1.54) is 0 Å². The van der Waals surface area contributed by atoms with Gasteiger partial charge in [-0.15, -0.1) is 0 Å². The summed E-state index contributed by atoms with van der Waals surface area (Å²) >= 11 is 5.74. The summed E-state index contributed by atoms with van der Waals surface area (Å²) in [6.07, 6.45) is 1.82. The Labute approximate surface area is 75.0 Å². The molecule has 0 amide bonds. The molecule has 0 aromatic carbocycles. The molecule has 0 saturated heterocycles. The molecule has 62 valence electrons. The minimum absolute atomic E-state index is 0.483. The van der Waals surface area contributed by atoms with Gasteiger partial charge in [0.15, 0.2) is 10.8 Å². The normalized spacial score (nSPS) is 10.9. The summed E-state index contributed by atoms with van der Waals surface area (Å²) in [5.74, 6) is 0. The zero-order valence-electron chi connectivity index (χ0n) is 6.87. The van der Waals surface area contributed by atoms with Crippen molar-refractivity contribution in [3.63, 3.8) is 0 Å². The van der Waals surface area contributed by atoms with E-state index in [2.05, 4.69) is 10.1 Å². The molecular formula is C8H8ClN3. The van der Waals surface area contributed by atoms with Gasteiger partial charge in [0.05, 0.1) is 0 Å². The van der Waals surface area contributed by atoms with Crippen molar-refractivity contribution in [3.05, 3.63) is 28.7 Å². The maximum atomic E-state index is 5.74. The lowest BCUT2D eigenvalue weighted by molar-refractivity contribution is 0.881. The van der Waals surface area contributed by atoms with E-state index in [0.29, 0.717) is 5.15 Å². The average Bonchev–Trinajstić information content (AvgIpc) is 2.39. The van der Waals surface area contributed by atoms with Gasteiger partial charge in [0, 0.05) is 18.0 Å². The Morgan fingerprint density at radius 3 is 2.92 bits per heavy atom. The summed E-state index contributed by atoms with van der Waals surface area (Å²) in [6, 6.07) is 1.74. The van der Waals surface area contributed by atoms with Crippen molar-refractivity contribution in [1.29, 1.82) is 0 Å². The third-order valence-corrected chi connectivity index (χ3v) is 2.12. The van der Waals surface area contributed by atoms with Gasteiger partial charge in [-0.05, 0) is 19.4 Å². The van der Waals surface area contributed by atoms with Gasteiger partial charge >= 0.3 is 0 Å². The van der Waals surface area contributed by atoms with Crippen LogP contribution in [0.5, 0.6) is 0 Å². The van der Waals surface area contributed by atoms with Crippen LogP contribution in [0.25, 0.3) is 5.65 Å². The molecule has 2 rings (SSSR count). The maximum absolute atomic E-state index is 5.74. The van der Waals surface area contributed by atoms with Crippen molar-refractivity contribution in [2.75, 3.05) is 0 Å². The van der Waals surface area contributed by atoms with Crippen molar-refractivity contribution in [2.45, 2.75) is 13.8 Å². The van der Waals surface area contributed by atoms with Crippen LogP contribution in [-0.2, 0) is 0 Å². The number of aromatic nitrogens is 3. The van der Waals surface area contributed by atoms with Gasteiger partial charge in [-0.2, -0.15) is 5.10 Å². The van der Waals surface area contributed by atoms with Crippen LogP contribution in [0, 0.1) is 13.8 Å². The monoisotopic (exact) mass is 181 g/mol. The van der Waals surface area contributed by atoms with Crippen LogP contribution in [0.4, 0.5) is 0 Å². The van der Waals surface area contributed by atoms with Gasteiger partial charge in [-0.25, -0.2) is 9.50 Å². The molecule has 0 unspecified atom stereocenters. The number of fused-ring (bicyclic) bond motifs is 1. The van der Waals surface area contributed by atoms with Crippen molar-refractivity contribution in [3.8, 4) is 0 Å². The summed E-state index contributed by atoms with van der Waals surface area (Å²) in [4.78, 5) is 4.18. The van der Waals surface area contributed by atoms with Crippen molar-refractivity contribution < 1.29 is 0 Å². The fourth-order valence-corrected chi connectivity index (χ4v) is 1.28. The van der Waals surface area contributed by atoms with E-state index >= 15 is 0 Å². The lowest BCUT2D eigenvalue weighted by Crippen LogP contribution is -1.97. The summed E-state index contributed by atoms with van der Waals surface area (Å²) < 4.78 is 1.75. The second-order valence-corrected chi connectivity index (χ2v) is 3.15. The molecule has 3 nitrogen and oxygen atoms in total. The molecule has 0 radical (unpaired) electrons. The number of hydrogen-bond donors (Lipinski definition) is 0. The van der Waals surface area contributed by atoms with E-state index in [1.54, 1.807) is 10.6 Å². The molecule has 0 N–H and O–H groups in total. The Morgan fingerprint density at radius 1 is 1.42 bits per heavy atom. The second kappa shape index (κ2) is 2.45. The van der Waals surface area contributed by atoms with Crippen LogP contribution in [0.2, 0.25) is 5.15 Å². The quantitative estimate of drug-likeness (QED) is 0.622. The van der Waals surface area contributed by atoms with Gasteiger partial charge < -0.3 is 0 Å². The molecule has 2 aromatic rings. The molecule has 4 heteroatoms. The van der Waals surface area contributed by atoms with Crippen LogP contribution in [0.3, 0.4) is 0 Å². The number of halogens is 1. The number of aryl methyl sites for hydroxylation is 2. The Hall–Kier alpha value is -1.09. The molecule has 0 aliphatic carbocycles. The lowest BCUT2D eigenvalue weighted by atomic mass is 10.3. The van der Waals surface area contributed by atoms with Crippen molar-refractivity contribution in [1.82, 2.24) is 14.6 Å². The zero-order valence-corrected chi connectivity index (χ0v) is 7.63. The molecule has 0 bridgehead atoms. The number of hydrogen-bond acceptors (Lipinski definition) is 2. The number of rotatable bonds is 0. The SMILES string of the molecule is Cc1cnc2cc(Cl)nn2c1C. The van der Waals surface area contributed by atoms with Crippen LogP contribution >= 0.6 is 11.6 Å². The summed E-state index contributed by atoms with van der Waals surface area (Å²) in [7, 11) is 0. The first kappa shape index (κ1) is 7.55. The molecule has 0 aliphatic rings. The summed E-state index contributed by atoms with van der Waals surface area (Å²) in [5.41, 5.74) is 2.98. The highest BCUT2D eigenvalue weighted by Crippen LogP contribution is 2.12. The summed E-state index contributed by atoms with van der Waals surface area (Å²) in [6.45, 7) is 3.99. The predicted octanol–water partition coefficient (Wildman–Crippen LogP) is 2.00. The van der Waals surface area contributed by atoms with Crippen LogP contribution in [-0.4, -0.2) is 14.6 Å². The van der Waals surface area contributed by atoms with E-state index in [1.807, 2.05) is 20.0 Å². The van der Waals surface area contributed by atoms with Gasteiger partial charge in [0.2, 0.25) is 0 Å². The fourth-order valence-electron chi connectivity index (χ4n) is 1.11. The maximum Gasteiger partial charge on any atom is 0.156 e. The molecule has 12 heavy (non-hydrogen) atoms. The fraction of sp³-hybridized carbons (Fsp3) is 0.250. The van der Waals surface area contributed by atoms with E-state index in [0.717, 1.165) is 16.9 Å². The third kappa shape index (κ3) is 0.975. The van der Waals surface area contributed by atoms with Gasteiger partial charge in [0.25, 0.3) is 0 Å². The van der Waals surface area contributed by atoms with Crippen LogP contribution < -0.4 is 0 Å². The molecule has 0 atom stereocenters. The molecule has 0 spiro atoms. The van der Waals surface area contributed by atoms with E-state index in [4.69, 9.17) is 11.6 Å². The highest BCUT2D eigenvalue weighted by Gasteiger charge is 2.03. The molecule has 2 heterocycles. The minimum Gasteiger partial charge on any atom is -0.237 e. The smallest absolute Gasteiger partial charge is 0.156 e. The Bertz CT molecular complexity index is 433. The van der Waals surface area contributed by atoms with Crippen LogP contribution in [0.15, 0.2) is 12.3 Å². The third-order valence-electron chi connectivity index (χ3n) is 1.94. The molecule has 0 aliphatic heterocycles. The van der Waals surface area contributed by atoms with Crippen molar-refractivity contribution in [2.24, 2.45) is 0 Å². The van der Waals surface area contributed by atoms with Gasteiger partial charge in [-0.3, -0.25) is 0 Å². The number of nitrogens with zero attached hydrogens (tertiary/aromatic N) is 3. The largest absolute Gasteiger partial charge is 0.237 e. The average molecular weight is 182 g/mol. The highest BCUT2D eigenvalue weighted by atomic mass is 35.5. The Balaban J connectivity index is 2.89. The van der Waals surface area contributed by atoms with Crippen molar-refractivity contribution >= 4 is 17.2 Å². The van der Waals surface area contributed by atoms with E-state index in [-0.39, 0.29) is 0 Å². The molecule has 2 aromatic heterocycles. The molecule has 0 fully saturated rings. The minimum atomic E-state index is 0.483. The topological polar surface area (TPSA) is 30.2 Å². The first-order valence-electron chi connectivity index (χ1n) is 3.66. The molecule has 0 saturated carbocycles. The first-order chi connectivity index (χ1) is 5.68. The van der Waals surface area contributed by atoms with Gasteiger partial charge in [0.1, 0.15) is 0 Å². The van der Waals surface area contributed by atoms with E-state index < -0.39 is 0 Å². The summed E-state index contributed by atoms with van der Waals surface area (Å²) in [5, 5.41) is 4.58. The predicted molar refractivity (Wildman–Crippen MR) is 47.5 cm³/mol. The highest BCUT2D eigenvalue weighted by molar-refractivity contribution is 6.29. The standard InChI is InChI=1S/C8H8ClN3/c1-5-4-10-8-3-7(9)11-12(8)6(5)2/h3-4H,1-2H3. The Morgan fingerprint density at radius 2 is 2.17 bits per heavy atom. The van der Waals surface area contributed by atoms with Crippen LogP contribution in [0.1, 0.15) is 11.3 Å². The zero-order chi connectivity index (χ0) is 8.72. The molecular weight excluding hydrogens is 174 g/mol. The first-order valence-corrected chi connectivity index (χ1v) is 4.04. The Kier molecular flexibility index (Phi) is 1.54. The van der Waals surface area contributed by atoms with Gasteiger partial charge in [-0.1, -0.05) is 11.6 Å². The second-order valence-electron chi connectivity index (χ2n) is 2.76. The van der Waals surface area contributed by atoms with E-state index in [9.17, 15) is 0 Å².